The molecule has 0 aliphatic heterocycles. The van der Waals surface area contributed by atoms with E-state index in [1.54, 1.807) is 17.5 Å². The number of carbonyl (C=O) groups excluding carboxylic acids is 1. The van der Waals surface area contributed by atoms with Crippen LogP contribution in [0.3, 0.4) is 0 Å². The second-order valence-electron chi connectivity index (χ2n) is 3.29. The summed E-state index contributed by atoms with van der Waals surface area (Å²) in [5, 5.41) is 4.73. The molecule has 0 aliphatic rings. The summed E-state index contributed by atoms with van der Waals surface area (Å²) in [5.74, 6) is -0.287. The second kappa shape index (κ2) is 4.80. The first kappa shape index (κ1) is 12.0. The molecular formula is C10H9BrN4OS. The molecule has 7 heteroatoms. The lowest BCUT2D eigenvalue weighted by atomic mass is 10.3. The van der Waals surface area contributed by atoms with Crippen molar-refractivity contribution in [3.8, 4) is 0 Å². The van der Waals surface area contributed by atoms with Gasteiger partial charge in [-0.3, -0.25) is 4.79 Å². The molecule has 0 spiro atoms. The number of nitrogens with one attached hydrogen (secondary N) is 1. The molecule has 1 amide bonds. The molecule has 17 heavy (non-hydrogen) atoms. The molecule has 0 saturated carbocycles. The minimum absolute atomic E-state index is 0.287. The molecule has 0 atom stereocenters. The van der Waals surface area contributed by atoms with Gasteiger partial charge >= 0.3 is 0 Å². The molecule has 5 nitrogen and oxygen atoms in total. The van der Waals surface area contributed by atoms with Crippen molar-refractivity contribution in [3.63, 3.8) is 0 Å². The van der Waals surface area contributed by atoms with Crippen LogP contribution in [0.15, 0.2) is 22.1 Å². The number of rotatable bonds is 2. The van der Waals surface area contributed by atoms with E-state index >= 15 is 0 Å². The lowest BCUT2D eigenvalue weighted by molar-refractivity contribution is 0.102. The zero-order chi connectivity index (χ0) is 12.4. The molecule has 2 aromatic heterocycles. The third kappa shape index (κ3) is 2.80. The Morgan fingerprint density at radius 3 is 2.82 bits per heavy atom. The van der Waals surface area contributed by atoms with E-state index in [0.29, 0.717) is 16.5 Å². The van der Waals surface area contributed by atoms with Gasteiger partial charge in [-0.05, 0) is 35.0 Å². The van der Waals surface area contributed by atoms with Gasteiger partial charge in [-0.15, -0.1) is 11.3 Å². The second-order valence-corrected chi connectivity index (χ2v) is 4.99. The molecular weight excluding hydrogens is 304 g/mol. The highest BCUT2D eigenvalue weighted by atomic mass is 79.9. The van der Waals surface area contributed by atoms with Crippen molar-refractivity contribution in [2.75, 3.05) is 11.1 Å². The Kier molecular flexibility index (Phi) is 3.39. The summed E-state index contributed by atoms with van der Waals surface area (Å²) in [5.41, 5.74) is 7.17. The van der Waals surface area contributed by atoms with Crippen molar-refractivity contribution in [1.29, 1.82) is 0 Å². The van der Waals surface area contributed by atoms with E-state index in [1.165, 1.54) is 11.3 Å². The van der Waals surface area contributed by atoms with E-state index in [9.17, 15) is 4.79 Å². The number of halogens is 1. The minimum atomic E-state index is -0.287. The lowest BCUT2D eigenvalue weighted by Gasteiger charge is -2.06. The van der Waals surface area contributed by atoms with Crippen LogP contribution < -0.4 is 11.1 Å². The summed E-state index contributed by atoms with van der Waals surface area (Å²) in [6.07, 6.45) is 0. The number of hydrogen-bond donors (Lipinski definition) is 2. The Morgan fingerprint density at radius 2 is 2.24 bits per heavy atom. The van der Waals surface area contributed by atoms with Crippen molar-refractivity contribution in [1.82, 2.24) is 9.97 Å². The number of aryl methyl sites for hydroxylation is 1. The van der Waals surface area contributed by atoms with Gasteiger partial charge in [0.25, 0.3) is 5.91 Å². The van der Waals surface area contributed by atoms with Gasteiger partial charge in [0.15, 0.2) is 5.13 Å². The van der Waals surface area contributed by atoms with Crippen LogP contribution in [-0.2, 0) is 0 Å². The third-order valence-corrected chi connectivity index (χ3v) is 3.17. The van der Waals surface area contributed by atoms with Gasteiger partial charge in [0, 0.05) is 5.38 Å². The first-order valence-electron chi connectivity index (χ1n) is 4.72. The maximum absolute atomic E-state index is 11.8. The largest absolute Gasteiger partial charge is 0.375 e. The van der Waals surface area contributed by atoms with Crippen molar-refractivity contribution in [3.05, 3.63) is 33.5 Å². The number of nitrogen functional groups attached to an aromatic ring is 1. The molecule has 0 radical (unpaired) electrons. The van der Waals surface area contributed by atoms with Crippen molar-refractivity contribution in [2.45, 2.75) is 6.92 Å². The average Bonchev–Trinajstić information content (AvgIpc) is 2.69. The zero-order valence-electron chi connectivity index (χ0n) is 8.90. The molecule has 0 aromatic carbocycles. The van der Waals surface area contributed by atoms with Gasteiger partial charge in [-0.1, -0.05) is 0 Å². The van der Waals surface area contributed by atoms with Crippen molar-refractivity contribution >= 4 is 44.0 Å². The monoisotopic (exact) mass is 312 g/mol. The third-order valence-electron chi connectivity index (χ3n) is 2.05. The number of carbonyl (C=O) groups is 1. The highest BCUT2D eigenvalue weighted by Gasteiger charge is 2.11. The highest BCUT2D eigenvalue weighted by Crippen LogP contribution is 2.18. The summed E-state index contributed by atoms with van der Waals surface area (Å²) in [7, 11) is 0. The van der Waals surface area contributed by atoms with Crippen molar-refractivity contribution in [2.24, 2.45) is 0 Å². The Labute approximate surface area is 110 Å². The molecule has 2 rings (SSSR count). The molecule has 2 aromatic rings. The van der Waals surface area contributed by atoms with Gasteiger partial charge < -0.3 is 11.1 Å². The number of anilines is 2. The number of pyridine rings is 1. The van der Waals surface area contributed by atoms with Crippen LogP contribution in [0.5, 0.6) is 0 Å². The van der Waals surface area contributed by atoms with Gasteiger partial charge in [-0.25, -0.2) is 9.97 Å². The van der Waals surface area contributed by atoms with E-state index in [1.807, 2.05) is 6.92 Å². The summed E-state index contributed by atoms with van der Waals surface area (Å²) in [6, 6.07) is 3.54. The first-order valence-corrected chi connectivity index (χ1v) is 6.39. The molecule has 2 heterocycles. The highest BCUT2D eigenvalue weighted by molar-refractivity contribution is 9.10. The fourth-order valence-corrected chi connectivity index (χ4v) is 2.18. The lowest BCUT2D eigenvalue weighted by Crippen LogP contribution is -2.13. The Balaban J connectivity index is 2.18. The summed E-state index contributed by atoms with van der Waals surface area (Å²) in [6.45, 7) is 1.82. The van der Waals surface area contributed by atoms with E-state index < -0.39 is 0 Å². The predicted molar refractivity (Wildman–Crippen MR) is 71.2 cm³/mol. The fourth-order valence-electron chi connectivity index (χ4n) is 1.24. The van der Waals surface area contributed by atoms with Crippen LogP contribution in [0.4, 0.5) is 10.8 Å². The molecule has 0 fully saturated rings. The van der Waals surface area contributed by atoms with Crippen LogP contribution >= 0.6 is 27.3 Å². The number of nitrogens with zero attached hydrogens (tertiary/aromatic N) is 2. The number of aromatic nitrogens is 2. The van der Waals surface area contributed by atoms with Crippen LogP contribution in [0.1, 0.15) is 16.2 Å². The average molecular weight is 313 g/mol. The predicted octanol–water partition coefficient (Wildman–Crippen LogP) is 2.44. The van der Waals surface area contributed by atoms with Crippen LogP contribution in [0, 0.1) is 6.92 Å². The number of amides is 1. The summed E-state index contributed by atoms with van der Waals surface area (Å²) in [4.78, 5) is 19.9. The maximum Gasteiger partial charge on any atom is 0.275 e. The molecule has 88 valence electrons. The topological polar surface area (TPSA) is 80.9 Å². The van der Waals surface area contributed by atoms with E-state index in [-0.39, 0.29) is 5.91 Å². The maximum atomic E-state index is 11.8. The number of hydrogen-bond acceptors (Lipinski definition) is 5. The Hall–Kier alpha value is -1.47. The van der Waals surface area contributed by atoms with Crippen LogP contribution in [0.2, 0.25) is 0 Å². The molecule has 3 N–H and O–H groups in total. The Bertz CT molecular complexity index is 569. The normalized spacial score (nSPS) is 10.2. The van der Waals surface area contributed by atoms with Crippen molar-refractivity contribution < 1.29 is 4.79 Å². The fraction of sp³-hybridized carbons (Fsp3) is 0.100. The number of thiazole rings is 1. The van der Waals surface area contributed by atoms with Gasteiger partial charge in [0.1, 0.15) is 10.3 Å². The van der Waals surface area contributed by atoms with Crippen LogP contribution in [0.25, 0.3) is 0 Å². The minimum Gasteiger partial charge on any atom is -0.375 e. The molecule has 0 bridgehead atoms. The molecule has 0 saturated heterocycles. The zero-order valence-corrected chi connectivity index (χ0v) is 11.3. The van der Waals surface area contributed by atoms with Crippen LogP contribution in [-0.4, -0.2) is 15.9 Å². The quantitative estimate of drug-likeness (QED) is 0.835. The Morgan fingerprint density at radius 1 is 1.47 bits per heavy atom. The van der Waals surface area contributed by atoms with E-state index in [0.717, 1.165) is 10.3 Å². The van der Waals surface area contributed by atoms with E-state index in [2.05, 4.69) is 31.2 Å². The SMILES string of the molecule is Cc1nc(Br)ccc1NC(=O)c1csc(N)n1. The van der Waals surface area contributed by atoms with Gasteiger partial charge in [0.2, 0.25) is 0 Å². The van der Waals surface area contributed by atoms with Gasteiger partial charge in [0.05, 0.1) is 11.4 Å². The molecule has 0 aliphatic carbocycles. The van der Waals surface area contributed by atoms with Gasteiger partial charge in [-0.2, -0.15) is 0 Å². The summed E-state index contributed by atoms with van der Waals surface area (Å²) >= 11 is 4.49. The number of nitrogens with two attached hydrogens (primary N) is 1. The summed E-state index contributed by atoms with van der Waals surface area (Å²) < 4.78 is 0.728. The standard InChI is InChI=1S/C10H9BrN4OS/c1-5-6(2-3-8(11)13-5)14-9(16)7-4-17-10(12)15-7/h2-4H,1H3,(H2,12,15)(H,14,16). The first-order chi connectivity index (χ1) is 8.06. The molecule has 0 unspecified atom stereocenters. The van der Waals surface area contributed by atoms with E-state index in [4.69, 9.17) is 5.73 Å². The smallest absolute Gasteiger partial charge is 0.275 e.